The van der Waals surface area contributed by atoms with Crippen molar-refractivity contribution in [3.05, 3.63) is 78.1 Å². The molecule has 136 valence electrons. The van der Waals surface area contributed by atoms with E-state index in [0.717, 1.165) is 22.6 Å². The van der Waals surface area contributed by atoms with Gasteiger partial charge in [0.25, 0.3) is 5.91 Å². The summed E-state index contributed by atoms with van der Waals surface area (Å²) >= 11 is 0. The van der Waals surface area contributed by atoms with Crippen LogP contribution in [0.25, 0.3) is 0 Å². The molecule has 1 aromatic heterocycles. The van der Waals surface area contributed by atoms with Gasteiger partial charge in [0, 0.05) is 30.2 Å². The highest BCUT2D eigenvalue weighted by molar-refractivity contribution is 6.04. The van der Waals surface area contributed by atoms with Crippen LogP contribution in [0.15, 0.2) is 67.0 Å². The van der Waals surface area contributed by atoms with E-state index in [9.17, 15) is 9.59 Å². The number of nitrogens with zero attached hydrogens (tertiary/aromatic N) is 1. The van der Waals surface area contributed by atoms with Crippen molar-refractivity contribution in [1.82, 2.24) is 4.98 Å². The molecule has 2 aromatic carbocycles. The zero-order valence-corrected chi connectivity index (χ0v) is 15.1. The molecule has 27 heavy (non-hydrogen) atoms. The van der Waals surface area contributed by atoms with Gasteiger partial charge in [-0.25, -0.2) is 0 Å². The predicted molar refractivity (Wildman–Crippen MR) is 107 cm³/mol. The molecule has 0 unspecified atom stereocenters. The molecule has 0 atom stereocenters. The van der Waals surface area contributed by atoms with Gasteiger partial charge in [0.1, 0.15) is 0 Å². The van der Waals surface area contributed by atoms with Gasteiger partial charge in [-0.2, -0.15) is 0 Å². The largest absolute Gasteiger partial charge is 0.354 e. The van der Waals surface area contributed by atoms with Crippen molar-refractivity contribution < 1.29 is 9.59 Å². The maximum Gasteiger partial charge on any atom is 0.257 e. The lowest BCUT2D eigenvalue weighted by Crippen LogP contribution is -2.12. The first kappa shape index (κ1) is 18.1. The molecular formula is C21H20N4O2. The zero-order valence-electron chi connectivity index (χ0n) is 15.1. The van der Waals surface area contributed by atoms with Crippen LogP contribution in [-0.4, -0.2) is 16.8 Å². The molecule has 0 saturated heterocycles. The molecular weight excluding hydrogens is 340 g/mol. The minimum atomic E-state index is -0.226. The lowest BCUT2D eigenvalue weighted by atomic mass is 10.2. The van der Waals surface area contributed by atoms with Crippen molar-refractivity contribution in [2.24, 2.45) is 0 Å². The molecule has 1 heterocycles. The second-order valence-corrected chi connectivity index (χ2v) is 6.17. The molecule has 0 aliphatic heterocycles. The number of aryl methyl sites for hydroxylation is 1. The summed E-state index contributed by atoms with van der Waals surface area (Å²) in [6.45, 7) is 3.46. The lowest BCUT2D eigenvalue weighted by molar-refractivity contribution is -0.114. The molecule has 3 aromatic rings. The number of aromatic nitrogens is 1. The molecule has 0 radical (unpaired) electrons. The highest BCUT2D eigenvalue weighted by Gasteiger charge is 2.08. The Morgan fingerprint density at radius 1 is 0.778 bits per heavy atom. The summed E-state index contributed by atoms with van der Waals surface area (Å²) in [7, 11) is 0. The number of carbonyl (C=O) groups excluding carboxylic acids is 2. The van der Waals surface area contributed by atoms with Crippen LogP contribution in [0, 0.1) is 6.92 Å². The van der Waals surface area contributed by atoms with E-state index in [1.54, 1.807) is 24.4 Å². The number of rotatable bonds is 5. The first-order chi connectivity index (χ1) is 13.0. The van der Waals surface area contributed by atoms with E-state index in [1.165, 1.54) is 13.1 Å². The summed E-state index contributed by atoms with van der Waals surface area (Å²) in [6.07, 6.45) is 3.17. The van der Waals surface area contributed by atoms with Gasteiger partial charge in [-0.05, 0) is 49.4 Å². The second-order valence-electron chi connectivity index (χ2n) is 6.17. The molecule has 3 rings (SSSR count). The lowest BCUT2D eigenvalue weighted by Gasteiger charge is -2.10. The van der Waals surface area contributed by atoms with Gasteiger partial charge in [-0.3, -0.25) is 14.6 Å². The van der Waals surface area contributed by atoms with Crippen LogP contribution in [0.2, 0.25) is 0 Å². The van der Waals surface area contributed by atoms with E-state index < -0.39 is 0 Å². The first-order valence-corrected chi connectivity index (χ1v) is 8.47. The Balaban J connectivity index is 1.68. The predicted octanol–water partition coefficient (Wildman–Crippen LogP) is 4.34. The summed E-state index contributed by atoms with van der Waals surface area (Å²) in [5.74, 6) is -0.344. The highest BCUT2D eigenvalue weighted by atomic mass is 16.2. The molecule has 0 aliphatic rings. The fourth-order valence-electron chi connectivity index (χ4n) is 2.48. The van der Waals surface area contributed by atoms with Gasteiger partial charge in [0.05, 0.1) is 17.4 Å². The maximum absolute atomic E-state index is 12.4. The maximum atomic E-state index is 12.4. The van der Waals surface area contributed by atoms with Gasteiger partial charge < -0.3 is 16.0 Å². The van der Waals surface area contributed by atoms with Crippen LogP contribution < -0.4 is 16.0 Å². The third-order valence-corrected chi connectivity index (χ3v) is 3.80. The van der Waals surface area contributed by atoms with Crippen LogP contribution in [-0.2, 0) is 4.79 Å². The van der Waals surface area contributed by atoms with Crippen LogP contribution in [0.3, 0.4) is 0 Å². The standard InChI is InChI=1S/C21H20N4O2/c1-14-3-5-19(6-4-14)25-21(27)16-11-20(13-22-12-16)24-18-9-7-17(8-10-18)23-15(2)26/h3-13,24H,1-2H3,(H,23,26)(H,25,27). The van der Waals surface area contributed by atoms with Crippen LogP contribution >= 0.6 is 0 Å². The van der Waals surface area contributed by atoms with Gasteiger partial charge in [-0.1, -0.05) is 17.7 Å². The zero-order chi connectivity index (χ0) is 19.2. The van der Waals surface area contributed by atoms with E-state index in [4.69, 9.17) is 0 Å². The summed E-state index contributed by atoms with van der Waals surface area (Å²) < 4.78 is 0. The number of nitrogens with one attached hydrogen (secondary N) is 3. The van der Waals surface area contributed by atoms with Gasteiger partial charge in [0.2, 0.25) is 5.91 Å². The molecule has 3 N–H and O–H groups in total. The third-order valence-electron chi connectivity index (χ3n) is 3.80. The molecule has 2 amide bonds. The number of carbonyl (C=O) groups is 2. The monoisotopic (exact) mass is 360 g/mol. The van der Waals surface area contributed by atoms with E-state index >= 15 is 0 Å². The number of amides is 2. The Morgan fingerprint density at radius 3 is 2.04 bits per heavy atom. The quantitative estimate of drug-likeness (QED) is 0.632. The van der Waals surface area contributed by atoms with Crippen molar-refractivity contribution in [3.63, 3.8) is 0 Å². The minimum absolute atomic E-state index is 0.118. The average molecular weight is 360 g/mol. The number of hydrogen-bond acceptors (Lipinski definition) is 4. The van der Waals surface area contributed by atoms with Crippen molar-refractivity contribution in [3.8, 4) is 0 Å². The van der Waals surface area contributed by atoms with Crippen molar-refractivity contribution in [2.75, 3.05) is 16.0 Å². The second kappa shape index (κ2) is 8.14. The highest BCUT2D eigenvalue weighted by Crippen LogP contribution is 2.20. The van der Waals surface area contributed by atoms with E-state index in [-0.39, 0.29) is 11.8 Å². The number of pyridine rings is 1. The van der Waals surface area contributed by atoms with Gasteiger partial charge in [-0.15, -0.1) is 0 Å². The molecule has 0 bridgehead atoms. The van der Waals surface area contributed by atoms with Crippen molar-refractivity contribution in [2.45, 2.75) is 13.8 Å². The number of benzene rings is 2. The smallest absolute Gasteiger partial charge is 0.257 e. The number of anilines is 4. The number of hydrogen-bond donors (Lipinski definition) is 3. The fraction of sp³-hybridized carbons (Fsp3) is 0.0952. The summed E-state index contributed by atoms with van der Waals surface area (Å²) in [4.78, 5) is 27.6. The molecule has 0 aliphatic carbocycles. The SMILES string of the molecule is CC(=O)Nc1ccc(Nc2cncc(C(=O)Nc3ccc(C)cc3)c2)cc1. The minimum Gasteiger partial charge on any atom is -0.354 e. The summed E-state index contributed by atoms with van der Waals surface area (Å²) in [5.41, 5.74) is 4.55. The Hall–Kier alpha value is -3.67. The third kappa shape index (κ3) is 5.15. The molecule has 6 nitrogen and oxygen atoms in total. The Kier molecular flexibility index (Phi) is 5.47. The molecule has 0 spiro atoms. The fourth-order valence-corrected chi connectivity index (χ4v) is 2.48. The Morgan fingerprint density at radius 2 is 1.37 bits per heavy atom. The average Bonchev–Trinajstić information content (AvgIpc) is 2.65. The first-order valence-electron chi connectivity index (χ1n) is 8.47. The van der Waals surface area contributed by atoms with Crippen LogP contribution in [0.1, 0.15) is 22.8 Å². The Labute approximate surface area is 157 Å². The van der Waals surface area contributed by atoms with E-state index in [0.29, 0.717) is 11.3 Å². The van der Waals surface area contributed by atoms with Gasteiger partial charge >= 0.3 is 0 Å². The van der Waals surface area contributed by atoms with E-state index in [1.807, 2.05) is 43.3 Å². The van der Waals surface area contributed by atoms with Crippen LogP contribution in [0.4, 0.5) is 22.7 Å². The summed E-state index contributed by atoms with van der Waals surface area (Å²) in [6, 6.07) is 16.6. The van der Waals surface area contributed by atoms with Crippen molar-refractivity contribution in [1.29, 1.82) is 0 Å². The summed E-state index contributed by atoms with van der Waals surface area (Å²) in [5, 5.41) is 8.77. The molecule has 6 heteroatoms. The van der Waals surface area contributed by atoms with Crippen LogP contribution in [0.5, 0.6) is 0 Å². The normalized spacial score (nSPS) is 10.1. The molecule has 0 fully saturated rings. The van der Waals surface area contributed by atoms with Gasteiger partial charge in [0.15, 0.2) is 0 Å². The van der Waals surface area contributed by atoms with Crippen molar-refractivity contribution >= 4 is 34.6 Å². The topological polar surface area (TPSA) is 83.1 Å². The van der Waals surface area contributed by atoms with E-state index in [2.05, 4.69) is 20.9 Å². The Bertz CT molecular complexity index is 951. The molecule has 0 saturated carbocycles.